The van der Waals surface area contributed by atoms with Crippen LogP contribution >= 0.6 is 0 Å². The molecule has 0 spiro atoms. The minimum absolute atomic E-state index is 0.226. The zero-order chi connectivity index (χ0) is 15.1. The van der Waals surface area contributed by atoms with Crippen LogP contribution in [0.1, 0.15) is 21.5 Å². The van der Waals surface area contributed by atoms with Crippen LogP contribution in [0, 0.1) is 0 Å². The molecule has 0 saturated heterocycles. The van der Waals surface area contributed by atoms with Crippen molar-refractivity contribution >= 4 is 12.3 Å². The lowest BCUT2D eigenvalue weighted by molar-refractivity contribution is -0.109. The third-order valence-corrected chi connectivity index (χ3v) is 2.97. The number of rotatable bonds is 7. The number of benzene rings is 2. The Hall–Kier alpha value is -2.82. The second kappa shape index (κ2) is 7.09. The molecule has 0 fully saturated rings. The summed E-state index contributed by atoms with van der Waals surface area (Å²) in [5.74, 6) is -0.169. The summed E-state index contributed by atoms with van der Waals surface area (Å²) < 4.78 is 5.69. The zero-order valence-electron chi connectivity index (χ0n) is 11.4. The largest absolute Gasteiger partial charge is 0.488 e. The Labute approximate surface area is 122 Å². The fourth-order valence-electron chi connectivity index (χ4n) is 2.01. The lowest BCUT2D eigenvalue weighted by Gasteiger charge is -2.13. The molecule has 0 bridgehead atoms. The maximum absolute atomic E-state index is 11.6. The second-order valence-corrected chi connectivity index (χ2v) is 4.43. The number of hydrogen-bond acceptors (Lipinski definition) is 3. The summed E-state index contributed by atoms with van der Waals surface area (Å²) in [5.41, 5.74) is 7.33. The Morgan fingerprint density at radius 1 is 1.14 bits per heavy atom. The van der Waals surface area contributed by atoms with Crippen LogP contribution in [0.2, 0.25) is 0 Å². The molecule has 0 saturated carbocycles. The summed E-state index contributed by atoms with van der Waals surface area (Å²) >= 11 is 0. The number of carbonyl (C=O) groups is 2. The standard InChI is InChI=1S/C16H16N2O3/c17-16(20)15-13(9-18-11-19)7-4-8-14(15)21-10-12-5-2-1-3-6-12/h1-8,11H,9-10H2,(H2,17,20)(H,18,19). The van der Waals surface area contributed by atoms with Crippen LogP contribution < -0.4 is 15.8 Å². The van der Waals surface area contributed by atoms with Gasteiger partial charge < -0.3 is 15.8 Å². The molecular formula is C16H16N2O3. The van der Waals surface area contributed by atoms with Gasteiger partial charge in [-0.2, -0.15) is 0 Å². The van der Waals surface area contributed by atoms with Gasteiger partial charge in [-0.3, -0.25) is 9.59 Å². The molecule has 2 rings (SSSR count). The van der Waals surface area contributed by atoms with Gasteiger partial charge in [-0.1, -0.05) is 42.5 Å². The smallest absolute Gasteiger partial charge is 0.252 e. The number of carbonyl (C=O) groups excluding carboxylic acids is 2. The van der Waals surface area contributed by atoms with Gasteiger partial charge in [0, 0.05) is 6.54 Å². The van der Waals surface area contributed by atoms with E-state index in [0.29, 0.717) is 29.9 Å². The Morgan fingerprint density at radius 3 is 2.57 bits per heavy atom. The number of ether oxygens (including phenoxy) is 1. The lowest BCUT2D eigenvalue weighted by Crippen LogP contribution is -2.19. The van der Waals surface area contributed by atoms with Crippen LogP contribution in [0.3, 0.4) is 0 Å². The molecule has 3 N–H and O–H groups in total. The van der Waals surface area contributed by atoms with Gasteiger partial charge >= 0.3 is 0 Å². The van der Waals surface area contributed by atoms with Crippen LogP contribution in [0.25, 0.3) is 0 Å². The van der Waals surface area contributed by atoms with Gasteiger partial charge in [-0.25, -0.2) is 0 Å². The number of nitrogens with two attached hydrogens (primary N) is 1. The maximum atomic E-state index is 11.6. The van der Waals surface area contributed by atoms with Gasteiger partial charge in [-0.05, 0) is 17.2 Å². The number of hydrogen-bond donors (Lipinski definition) is 2. The molecule has 0 aromatic heterocycles. The monoisotopic (exact) mass is 284 g/mol. The zero-order valence-corrected chi connectivity index (χ0v) is 11.4. The molecule has 0 aliphatic heterocycles. The van der Waals surface area contributed by atoms with Crippen molar-refractivity contribution in [3.8, 4) is 5.75 Å². The van der Waals surface area contributed by atoms with Crippen LogP contribution in [0.4, 0.5) is 0 Å². The van der Waals surface area contributed by atoms with E-state index in [1.54, 1.807) is 18.2 Å². The molecule has 0 atom stereocenters. The SMILES string of the molecule is NC(=O)c1c(CNC=O)cccc1OCc1ccccc1. The van der Waals surface area contributed by atoms with E-state index in [2.05, 4.69) is 5.32 Å². The Balaban J connectivity index is 2.21. The Morgan fingerprint density at radius 2 is 1.90 bits per heavy atom. The van der Waals surface area contributed by atoms with Crippen LogP contribution in [-0.4, -0.2) is 12.3 Å². The van der Waals surface area contributed by atoms with Crippen LogP contribution in [-0.2, 0) is 17.9 Å². The molecule has 2 amide bonds. The Kier molecular flexibility index (Phi) is 4.93. The van der Waals surface area contributed by atoms with E-state index in [1.807, 2.05) is 30.3 Å². The molecule has 0 unspecified atom stereocenters. The van der Waals surface area contributed by atoms with Crippen molar-refractivity contribution in [2.24, 2.45) is 5.73 Å². The summed E-state index contributed by atoms with van der Waals surface area (Å²) in [7, 11) is 0. The molecule has 0 aliphatic carbocycles. The number of amides is 2. The van der Waals surface area contributed by atoms with Crippen molar-refractivity contribution in [2.45, 2.75) is 13.2 Å². The normalized spacial score (nSPS) is 9.90. The first-order valence-electron chi connectivity index (χ1n) is 6.48. The molecule has 108 valence electrons. The van der Waals surface area contributed by atoms with Crippen molar-refractivity contribution in [2.75, 3.05) is 0 Å². The van der Waals surface area contributed by atoms with E-state index in [9.17, 15) is 9.59 Å². The first kappa shape index (κ1) is 14.6. The third kappa shape index (κ3) is 3.82. The van der Waals surface area contributed by atoms with E-state index >= 15 is 0 Å². The highest BCUT2D eigenvalue weighted by Crippen LogP contribution is 2.23. The Bertz CT molecular complexity index is 627. The van der Waals surface area contributed by atoms with Crippen molar-refractivity contribution in [1.29, 1.82) is 0 Å². The van der Waals surface area contributed by atoms with E-state index < -0.39 is 5.91 Å². The fraction of sp³-hybridized carbons (Fsp3) is 0.125. The van der Waals surface area contributed by atoms with Gasteiger partial charge in [0.1, 0.15) is 12.4 Å². The molecule has 2 aromatic carbocycles. The van der Waals surface area contributed by atoms with Crippen LogP contribution in [0.15, 0.2) is 48.5 Å². The summed E-state index contributed by atoms with van der Waals surface area (Å²) in [5, 5.41) is 2.52. The summed E-state index contributed by atoms with van der Waals surface area (Å²) in [6.45, 7) is 0.565. The van der Waals surface area contributed by atoms with Gasteiger partial charge in [0.2, 0.25) is 6.41 Å². The third-order valence-electron chi connectivity index (χ3n) is 2.97. The maximum Gasteiger partial charge on any atom is 0.252 e. The van der Waals surface area contributed by atoms with Gasteiger partial charge in [0.05, 0.1) is 5.56 Å². The molecule has 0 aliphatic rings. The average molecular weight is 284 g/mol. The lowest BCUT2D eigenvalue weighted by atomic mass is 10.1. The van der Waals surface area contributed by atoms with E-state index in [-0.39, 0.29) is 6.54 Å². The van der Waals surface area contributed by atoms with E-state index in [0.717, 1.165) is 5.56 Å². The highest BCUT2D eigenvalue weighted by molar-refractivity contribution is 5.97. The minimum atomic E-state index is -0.582. The quantitative estimate of drug-likeness (QED) is 0.758. The van der Waals surface area contributed by atoms with Crippen molar-refractivity contribution in [3.63, 3.8) is 0 Å². The highest BCUT2D eigenvalue weighted by Gasteiger charge is 2.14. The van der Waals surface area contributed by atoms with E-state index in [1.165, 1.54) is 0 Å². The second-order valence-electron chi connectivity index (χ2n) is 4.43. The highest BCUT2D eigenvalue weighted by atomic mass is 16.5. The molecule has 21 heavy (non-hydrogen) atoms. The summed E-state index contributed by atoms with van der Waals surface area (Å²) in [6.07, 6.45) is 0.572. The van der Waals surface area contributed by atoms with E-state index in [4.69, 9.17) is 10.5 Å². The van der Waals surface area contributed by atoms with Gasteiger partial charge in [0.25, 0.3) is 5.91 Å². The van der Waals surface area contributed by atoms with Crippen molar-refractivity contribution in [1.82, 2.24) is 5.32 Å². The van der Waals surface area contributed by atoms with Gasteiger partial charge in [0.15, 0.2) is 0 Å². The molecule has 0 heterocycles. The average Bonchev–Trinajstić information content (AvgIpc) is 2.51. The fourth-order valence-corrected chi connectivity index (χ4v) is 2.01. The van der Waals surface area contributed by atoms with Gasteiger partial charge in [-0.15, -0.1) is 0 Å². The summed E-state index contributed by atoms with van der Waals surface area (Å²) in [6, 6.07) is 14.8. The van der Waals surface area contributed by atoms with Crippen molar-refractivity contribution < 1.29 is 14.3 Å². The van der Waals surface area contributed by atoms with Crippen molar-refractivity contribution in [3.05, 3.63) is 65.2 Å². The first-order chi connectivity index (χ1) is 10.2. The summed E-state index contributed by atoms with van der Waals surface area (Å²) in [4.78, 5) is 22.0. The topological polar surface area (TPSA) is 81.4 Å². The molecule has 2 aromatic rings. The molecule has 0 radical (unpaired) electrons. The minimum Gasteiger partial charge on any atom is -0.488 e. The number of nitrogens with one attached hydrogen (secondary N) is 1. The molecular weight excluding hydrogens is 268 g/mol. The molecule has 5 nitrogen and oxygen atoms in total. The predicted molar refractivity (Wildman–Crippen MR) is 78.6 cm³/mol. The van der Waals surface area contributed by atoms with Crippen LogP contribution in [0.5, 0.6) is 5.75 Å². The predicted octanol–water partition coefficient (Wildman–Crippen LogP) is 1.61. The number of primary amides is 1. The first-order valence-corrected chi connectivity index (χ1v) is 6.48. The molecule has 5 heteroatoms.